The number of thiophene rings is 1. The smallest absolute Gasteiger partial charge is 0.261 e. The van der Waals surface area contributed by atoms with Crippen LogP contribution in [0.1, 0.15) is 21.3 Å². The fourth-order valence-corrected chi connectivity index (χ4v) is 5.08. The van der Waals surface area contributed by atoms with Crippen molar-refractivity contribution in [3.05, 3.63) is 34.7 Å². The summed E-state index contributed by atoms with van der Waals surface area (Å²) >= 11 is 1.41. The van der Waals surface area contributed by atoms with Crippen molar-refractivity contribution in [3.63, 3.8) is 0 Å². The number of nitrogens with zero attached hydrogens (tertiary/aromatic N) is 2. The van der Waals surface area contributed by atoms with Crippen LogP contribution in [0.4, 0.5) is 0 Å². The van der Waals surface area contributed by atoms with Gasteiger partial charge < -0.3 is 24.8 Å². The van der Waals surface area contributed by atoms with E-state index in [1.807, 2.05) is 29.2 Å². The van der Waals surface area contributed by atoms with Gasteiger partial charge in [-0.1, -0.05) is 18.2 Å². The van der Waals surface area contributed by atoms with E-state index >= 15 is 0 Å². The van der Waals surface area contributed by atoms with Crippen molar-refractivity contribution >= 4 is 33.2 Å². The molecule has 1 aromatic carbocycles. The fraction of sp³-hybridized carbons (Fsp3) is 0.524. The van der Waals surface area contributed by atoms with Crippen LogP contribution in [0.25, 0.3) is 10.1 Å². The van der Waals surface area contributed by atoms with Gasteiger partial charge in [-0.05, 0) is 11.5 Å². The summed E-state index contributed by atoms with van der Waals surface area (Å²) in [5, 5.41) is 12.8. The second kappa shape index (κ2) is 9.84. The van der Waals surface area contributed by atoms with E-state index in [-0.39, 0.29) is 31.1 Å². The number of benzene rings is 1. The molecule has 2 fully saturated rings. The van der Waals surface area contributed by atoms with E-state index in [1.165, 1.54) is 11.3 Å². The summed E-state index contributed by atoms with van der Waals surface area (Å²) in [6.45, 7) is 4.72. The second-order valence-corrected chi connectivity index (χ2v) is 8.46. The molecular formula is C21H27N3O5S. The number of aliphatic hydroxyl groups is 1. The van der Waals surface area contributed by atoms with Gasteiger partial charge in [0, 0.05) is 36.4 Å². The average molecular weight is 434 g/mol. The quantitative estimate of drug-likeness (QED) is 0.702. The van der Waals surface area contributed by atoms with Gasteiger partial charge in [-0.25, -0.2) is 0 Å². The Hall–Kier alpha value is -2.04. The molecule has 2 aliphatic heterocycles. The van der Waals surface area contributed by atoms with Gasteiger partial charge in [-0.3, -0.25) is 14.5 Å². The molecule has 0 spiro atoms. The van der Waals surface area contributed by atoms with Crippen molar-refractivity contribution in [2.24, 2.45) is 0 Å². The number of ether oxygens (including phenoxy) is 2. The van der Waals surface area contributed by atoms with Gasteiger partial charge in [0.25, 0.3) is 5.91 Å². The monoisotopic (exact) mass is 433 g/mol. The van der Waals surface area contributed by atoms with Crippen LogP contribution in [-0.2, 0) is 14.3 Å². The maximum atomic E-state index is 12.9. The Morgan fingerprint density at radius 2 is 1.97 bits per heavy atom. The molecule has 30 heavy (non-hydrogen) atoms. The molecule has 2 aromatic rings. The molecule has 8 nitrogen and oxygen atoms in total. The molecule has 3 heterocycles. The zero-order valence-corrected chi connectivity index (χ0v) is 17.7. The fourth-order valence-electron chi connectivity index (χ4n) is 3.90. The number of amides is 2. The van der Waals surface area contributed by atoms with Gasteiger partial charge in [-0.2, -0.15) is 0 Å². The Morgan fingerprint density at radius 3 is 2.77 bits per heavy atom. The highest BCUT2D eigenvalue weighted by molar-refractivity contribution is 7.21. The highest BCUT2D eigenvalue weighted by atomic mass is 32.1. The minimum absolute atomic E-state index is 0.0796. The maximum Gasteiger partial charge on any atom is 0.261 e. The van der Waals surface area contributed by atoms with E-state index < -0.39 is 0 Å². The standard InChI is InChI=1S/C21H27N3O5S/c25-9-5-22-21(27)20-19(15-3-1-2-4-17(15)30-20)16-13-24(8-12-29-16)18(26)14-23-6-10-28-11-7-23/h1-4,16,25H,5-14H2,(H,22,27)/t16-/m1/s1. The lowest BCUT2D eigenvalue weighted by Gasteiger charge is -2.35. The van der Waals surface area contributed by atoms with E-state index in [1.54, 1.807) is 0 Å². The molecule has 2 aliphatic rings. The summed E-state index contributed by atoms with van der Waals surface area (Å²) in [5.41, 5.74) is 0.829. The Bertz CT molecular complexity index is 896. The van der Waals surface area contributed by atoms with Crippen molar-refractivity contribution in [2.45, 2.75) is 6.10 Å². The highest BCUT2D eigenvalue weighted by Crippen LogP contribution is 2.38. The molecule has 0 saturated carbocycles. The Morgan fingerprint density at radius 1 is 1.17 bits per heavy atom. The van der Waals surface area contributed by atoms with E-state index in [0.29, 0.717) is 44.3 Å². The van der Waals surface area contributed by atoms with Crippen LogP contribution in [0.2, 0.25) is 0 Å². The van der Waals surface area contributed by atoms with E-state index in [0.717, 1.165) is 28.7 Å². The molecule has 1 atom stereocenters. The summed E-state index contributed by atoms with van der Waals surface area (Å²) in [4.78, 5) is 30.2. The number of carbonyl (C=O) groups is 2. The molecule has 162 valence electrons. The lowest BCUT2D eigenvalue weighted by Crippen LogP contribution is -2.48. The lowest BCUT2D eigenvalue weighted by atomic mass is 10.0. The van der Waals surface area contributed by atoms with Crippen LogP contribution in [0.15, 0.2) is 24.3 Å². The molecule has 0 unspecified atom stereocenters. The average Bonchev–Trinajstić information content (AvgIpc) is 3.18. The Kier molecular flexibility index (Phi) is 6.96. The van der Waals surface area contributed by atoms with E-state index in [2.05, 4.69) is 10.2 Å². The second-order valence-electron chi connectivity index (χ2n) is 7.41. The number of rotatable bonds is 6. The van der Waals surface area contributed by atoms with Crippen LogP contribution in [0, 0.1) is 0 Å². The first-order valence-electron chi connectivity index (χ1n) is 10.3. The zero-order valence-electron chi connectivity index (χ0n) is 16.8. The van der Waals surface area contributed by atoms with Gasteiger partial charge in [0.1, 0.15) is 6.10 Å². The maximum absolute atomic E-state index is 12.9. The topological polar surface area (TPSA) is 91.3 Å². The minimum atomic E-state index is -0.363. The third-order valence-electron chi connectivity index (χ3n) is 5.44. The molecule has 2 amide bonds. The zero-order chi connectivity index (χ0) is 20.9. The summed E-state index contributed by atoms with van der Waals surface area (Å²) in [6, 6.07) is 7.86. The van der Waals surface area contributed by atoms with Crippen LogP contribution >= 0.6 is 11.3 Å². The van der Waals surface area contributed by atoms with Gasteiger partial charge in [0.2, 0.25) is 5.91 Å². The van der Waals surface area contributed by atoms with Crippen molar-refractivity contribution in [2.75, 3.05) is 65.7 Å². The Balaban J connectivity index is 1.55. The number of nitrogens with one attached hydrogen (secondary N) is 1. The third kappa shape index (κ3) is 4.65. The van der Waals surface area contributed by atoms with Gasteiger partial charge in [0.05, 0.1) is 44.4 Å². The molecular weight excluding hydrogens is 406 g/mol. The summed E-state index contributed by atoms with van der Waals surface area (Å²) in [7, 11) is 0. The highest BCUT2D eigenvalue weighted by Gasteiger charge is 2.32. The lowest BCUT2D eigenvalue weighted by molar-refractivity contribution is -0.141. The number of aliphatic hydroxyl groups excluding tert-OH is 1. The number of fused-ring (bicyclic) bond motifs is 1. The van der Waals surface area contributed by atoms with Crippen LogP contribution in [0.3, 0.4) is 0 Å². The molecule has 0 aliphatic carbocycles. The van der Waals surface area contributed by atoms with Gasteiger partial charge in [-0.15, -0.1) is 11.3 Å². The summed E-state index contributed by atoms with van der Waals surface area (Å²) < 4.78 is 12.4. The number of hydrogen-bond donors (Lipinski definition) is 2. The van der Waals surface area contributed by atoms with Crippen molar-refractivity contribution in [1.82, 2.24) is 15.1 Å². The summed E-state index contributed by atoms with van der Waals surface area (Å²) in [5.74, 6) is -0.142. The normalized spacial score (nSPS) is 20.4. The van der Waals surface area contributed by atoms with Crippen LogP contribution < -0.4 is 5.32 Å². The minimum Gasteiger partial charge on any atom is -0.395 e. The van der Waals surface area contributed by atoms with Crippen LogP contribution in [0.5, 0.6) is 0 Å². The molecule has 2 N–H and O–H groups in total. The van der Waals surface area contributed by atoms with E-state index in [9.17, 15) is 9.59 Å². The van der Waals surface area contributed by atoms with Gasteiger partial charge in [0.15, 0.2) is 0 Å². The van der Waals surface area contributed by atoms with Crippen molar-refractivity contribution in [3.8, 4) is 0 Å². The SMILES string of the molecule is O=C(NCCO)c1sc2ccccc2c1[C@H]1CN(C(=O)CN2CCOCC2)CCO1. The molecule has 9 heteroatoms. The molecule has 4 rings (SSSR count). The number of hydrogen-bond acceptors (Lipinski definition) is 7. The predicted molar refractivity (Wildman–Crippen MR) is 114 cm³/mol. The van der Waals surface area contributed by atoms with Crippen LogP contribution in [-0.4, -0.2) is 92.4 Å². The first kappa shape index (κ1) is 21.2. The first-order valence-corrected chi connectivity index (χ1v) is 11.1. The predicted octanol–water partition coefficient (Wildman–Crippen LogP) is 0.855. The number of morpholine rings is 2. The van der Waals surface area contributed by atoms with E-state index in [4.69, 9.17) is 14.6 Å². The third-order valence-corrected chi connectivity index (χ3v) is 6.63. The van der Waals surface area contributed by atoms with Gasteiger partial charge >= 0.3 is 0 Å². The first-order chi connectivity index (χ1) is 14.7. The molecule has 2 saturated heterocycles. The van der Waals surface area contributed by atoms with Crippen molar-refractivity contribution < 1.29 is 24.2 Å². The Labute approximate surface area is 179 Å². The summed E-state index contributed by atoms with van der Waals surface area (Å²) in [6.07, 6.45) is -0.363. The molecule has 0 bridgehead atoms. The molecule has 1 aromatic heterocycles. The molecule has 0 radical (unpaired) electrons. The number of carbonyl (C=O) groups excluding carboxylic acids is 2. The van der Waals surface area contributed by atoms with Crippen molar-refractivity contribution in [1.29, 1.82) is 0 Å². The largest absolute Gasteiger partial charge is 0.395 e.